The van der Waals surface area contributed by atoms with Crippen LogP contribution in [0.2, 0.25) is 0 Å². The second-order valence-electron chi connectivity index (χ2n) is 15.6. The molecular weight excluding hydrogens is 604 g/mol. The minimum Gasteiger partial charge on any atom is -0.459 e. The normalized spacial score (nSPS) is 25.3. The molecule has 1 heterocycles. The van der Waals surface area contributed by atoms with Gasteiger partial charge < -0.3 is 30.3 Å². The average Bonchev–Trinajstić information content (AvgIpc) is 3.76. The van der Waals surface area contributed by atoms with Gasteiger partial charge in [0.2, 0.25) is 17.6 Å². The quantitative estimate of drug-likeness (QED) is 0.145. The highest BCUT2D eigenvalue weighted by molar-refractivity contribution is 6.38. The third kappa shape index (κ3) is 9.13. The summed E-state index contributed by atoms with van der Waals surface area (Å²) in [6.07, 6.45) is 7.47. The summed E-state index contributed by atoms with van der Waals surface area (Å²) in [5.41, 5.74) is -1.37. The molecule has 3 aliphatic carbocycles. The van der Waals surface area contributed by atoms with E-state index in [4.69, 9.17) is 9.47 Å². The first-order valence-electron chi connectivity index (χ1n) is 17.2. The van der Waals surface area contributed by atoms with Gasteiger partial charge in [0.05, 0.1) is 12.5 Å². The lowest BCUT2D eigenvalue weighted by atomic mass is 9.83. The van der Waals surface area contributed by atoms with Crippen LogP contribution in [0.15, 0.2) is 12.7 Å². The second kappa shape index (κ2) is 14.4. The van der Waals surface area contributed by atoms with Crippen LogP contribution in [-0.4, -0.2) is 82.9 Å². The first kappa shape index (κ1) is 36.4. The molecule has 4 amide bonds. The van der Waals surface area contributed by atoms with Crippen LogP contribution in [0.1, 0.15) is 106 Å². The van der Waals surface area contributed by atoms with Gasteiger partial charge in [0.1, 0.15) is 23.3 Å². The zero-order valence-electron chi connectivity index (χ0n) is 28.9. The average molecular weight is 659 g/mol. The molecule has 2 unspecified atom stereocenters. The first-order valence-corrected chi connectivity index (χ1v) is 17.2. The number of piperidine rings is 1. The number of allylic oxidation sites excluding steroid dienone is 1. The van der Waals surface area contributed by atoms with Crippen molar-refractivity contribution in [2.24, 2.45) is 23.2 Å². The van der Waals surface area contributed by atoms with Crippen LogP contribution in [0, 0.1) is 23.2 Å². The Hall–Kier alpha value is -3.44. The fourth-order valence-electron chi connectivity index (χ4n) is 7.21. The number of alkyl carbamates (subject to hydrolysis) is 1. The van der Waals surface area contributed by atoms with Crippen molar-refractivity contribution in [3.05, 3.63) is 12.7 Å². The number of carbonyl (C=O) groups is 6. The third-order valence-electron chi connectivity index (χ3n) is 10.3. The van der Waals surface area contributed by atoms with Gasteiger partial charge in [-0.15, -0.1) is 6.58 Å². The van der Waals surface area contributed by atoms with Crippen molar-refractivity contribution >= 4 is 35.6 Å². The zero-order valence-corrected chi connectivity index (χ0v) is 28.9. The second-order valence-corrected chi connectivity index (χ2v) is 15.6. The molecule has 0 aromatic heterocycles. The number of likely N-dealkylation sites (tertiary alicyclic amines) is 1. The van der Waals surface area contributed by atoms with E-state index in [1.807, 2.05) is 6.92 Å². The molecule has 12 nitrogen and oxygen atoms in total. The lowest BCUT2D eigenvalue weighted by molar-refractivity contribution is -0.150. The number of amides is 4. The first-order chi connectivity index (χ1) is 22.0. The van der Waals surface area contributed by atoms with Gasteiger partial charge in [0, 0.05) is 13.1 Å². The standard InChI is InChI=1S/C35H54N4O8/c1-8-9-15-23(28(41)30(43)36-19-16-24(40)46-35(7)17-18-35)37-29(42)27-25-22(34(25,5)6)20-39(27)31(44)26(21-13-11-10-12-14-21)38-32(45)47-33(2,3)4/h8,21-23,25-27H,1,9-20H2,2-7H3,(H,36,43)(H,37,42)(H,38,45)/t22?,23-,25?,26-,27-/m0/s1. The Morgan fingerprint density at radius 1 is 1.00 bits per heavy atom. The molecule has 0 radical (unpaired) electrons. The molecular formula is C35H54N4O8. The minimum atomic E-state index is -1.15. The summed E-state index contributed by atoms with van der Waals surface area (Å²) >= 11 is 0. The summed E-state index contributed by atoms with van der Waals surface area (Å²) in [6.45, 7) is 15.2. The molecule has 4 aliphatic rings. The number of nitrogens with zero attached hydrogens (tertiary/aromatic N) is 1. The number of hydrogen-bond donors (Lipinski definition) is 3. The smallest absolute Gasteiger partial charge is 0.408 e. The summed E-state index contributed by atoms with van der Waals surface area (Å²) in [4.78, 5) is 81.0. The van der Waals surface area contributed by atoms with Crippen LogP contribution in [-0.2, 0) is 33.4 Å². The van der Waals surface area contributed by atoms with E-state index >= 15 is 0 Å². The van der Waals surface area contributed by atoms with Crippen molar-refractivity contribution in [1.29, 1.82) is 0 Å². The molecule has 1 saturated heterocycles. The van der Waals surface area contributed by atoms with Gasteiger partial charge >= 0.3 is 12.1 Å². The van der Waals surface area contributed by atoms with Crippen molar-refractivity contribution < 1.29 is 38.2 Å². The van der Waals surface area contributed by atoms with Crippen molar-refractivity contribution in [1.82, 2.24) is 20.9 Å². The van der Waals surface area contributed by atoms with E-state index in [0.717, 1.165) is 44.9 Å². The van der Waals surface area contributed by atoms with Gasteiger partial charge in [0.25, 0.3) is 5.91 Å². The van der Waals surface area contributed by atoms with E-state index in [1.54, 1.807) is 31.7 Å². The van der Waals surface area contributed by atoms with Crippen LogP contribution < -0.4 is 16.0 Å². The van der Waals surface area contributed by atoms with Crippen LogP contribution in [0.25, 0.3) is 0 Å². The molecule has 0 aromatic carbocycles. The maximum atomic E-state index is 14.3. The Bertz CT molecular complexity index is 1250. The fraction of sp³-hybridized carbons (Fsp3) is 0.771. The van der Waals surface area contributed by atoms with E-state index in [1.165, 1.54) is 0 Å². The molecule has 3 N–H and O–H groups in total. The Morgan fingerprint density at radius 3 is 2.26 bits per heavy atom. The highest BCUT2D eigenvalue weighted by Gasteiger charge is 2.69. The van der Waals surface area contributed by atoms with E-state index in [2.05, 4.69) is 36.4 Å². The number of rotatable bonds is 14. The Balaban J connectivity index is 1.46. The van der Waals surface area contributed by atoms with E-state index < -0.39 is 59.0 Å². The maximum absolute atomic E-state index is 14.3. The monoisotopic (exact) mass is 658 g/mol. The van der Waals surface area contributed by atoms with Crippen LogP contribution in [0.3, 0.4) is 0 Å². The molecule has 0 bridgehead atoms. The molecule has 0 aromatic rings. The molecule has 47 heavy (non-hydrogen) atoms. The van der Waals surface area contributed by atoms with Crippen molar-refractivity contribution in [2.45, 2.75) is 135 Å². The van der Waals surface area contributed by atoms with Gasteiger partial charge in [-0.1, -0.05) is 39.2 Å². The number of ketones is 1. The summed E-state index contributed by atoms with van der Waals surface area (Å²) in [7, 11) is 0. The van der Waals surface area contributed by atoms with E-state index in [0.29, 0.717) is 13.0 Å². The number of hydrogen-bond acceptors (Lipinski definition) is 8. The number of Topliss-reactive ketones (excluding diaryl/α,β-unsaturated/α-hetero) is 1. The maximum Gasteiger partial charge on any atom is 0.408 e. The number of carbonyl (C=O) groups excluding carboxylic acids is 6. The largest absolute Gasteiger partial charge is 0.459 e. The topological polar surface area (TPSA) is 160 Å². The predicted octanol–water partition coefficient (Wildman–Crippen LogP) is 3.57. The summed E-state index contributed by atoms with van der Waals surface area (Å²) in [6, 6.07) is -2.86. The van der Waals surface area contributed by atoms with Crippen LogP contribution in [0.5, 0.6) is 0 Å². The molecule has 5 atom stereocenters. The lowest BCUT2D eigenvalue weighted by Gasteiger charge is -2.37. The number of esters is 1. The van der Waals surface area contributed by atoms with Gasteiger partial charge in [-0.2, -0.15) is 0 Å². The van der Waals surface area contributed by atoms with Gasteiger partial charge in [-0.3, -0.25) is 24.0 Å². The highest BCUT2D eigenvalue weighted by Crippen LogP contribution is 2.65. The number of fused-ring (bicyclic) bond motifs is 1. The molecule has 3 saturated carbocycles. The van der Waals surface area contributed by atoms with Gasteiger partial charge in [-0.25, -0.2) is 4.79 Å². The van der Waals surface area contributed by atoms with Crippen molar-refractivity contribution in [3.8, 4) is 0 Å². The van der Waals surface area contributed by atoms with Crippen molar-refractivity contribution in [3.63, 3.8) is 0 Å². The highest BCUT2D eigenvalue weighted by atomic mass is 16.6. The minimum absolute atomic E-state index is 0.0718. The number of ether oxygens (including phenoxy) is 2. The van der Waals surface area contributed by atoms with Crippen LogP contribution in [0.4, 0.5) is 4.79 Å². The SMILES string of the molecule is C=CCC[C@H](NC(=O)[C@@H]1C2C(CN1C(=O)[C@@H](NC(=O)OC(C)(C)C)C1CCCCC1)C2(C)C)C(=O)C(=O)NCCC(=O)OC1(C)CC1. The van der Waals surface area contributed by atoms with Crippen molar-refractivity contribution in [2.75, 3.05) is 13.1 Å². The van der Waals surface area contributed by atoms with E-state index in [-0.39, 0.29) is 48.5 Å². The summed E-state index contributed by atoms with van der Waals surface area (Å²) < 4.78 is 10.9. The van der Waals surface area contributed by atoms with Crippen LogP contribution >= 0.6 is 0 Å². The number of nitrogens with one attached hydrogen (secondary N) is 3. The molecule has 1 aliphatic heterocycles. The predicted molar refractivity (Wildman–Crippen MR) is 174 cm³/mol. The fourth-order valence-corrected chi connectivity index (χ4v) is 7.21. The molecule has 0 spiro atoms. The Morgan fingerprint density at radius 2 is 1.66 bits per heavy atom. The Labute approximate surface area is 278 Å². The van der Waals surface area contributed by atoms with E-state index in [9.17, 15) is 28.8 Å². The molecule has 4 fully saturated rings. The summed E-state index contributed by atoms with van der Waals surface area (Å²) in [5.74, 6) is -3.17. The van der Waals surface area contributed by atoms with Gasteiger partial charge in [0.15, 0.2) is 0 Å². The lowest BCUT2D eigenvalue weighted by Crippen LogP contribution is -2.59. The molecule has 262 valence electrons. The third-order valence-corrected chi connectivity index (χ3v) is 10.3. The zero-order chi connectivity index (χ0) is 34.7. The molecule has 4 rings (SSSR count). The Kier molecular flexibility index (Phi) is 11.1. The molecule has 12 heteroatoms. The summed E-state index contributed by atoms with van der Waals surface area (Å²) in [5, 5.41) is 8.11. The van der Waals surface area contributed by atoms with Gasteiger partial charge in [-0.05, 0) is 89.4 Å².